The molecule has 29 heavy (non-hydrogen) atoms. The second-order valence-corrected chi connectivity index (χ2v) is 8.69. The van der Waals surface area contributed by atoms with E-state index >= 15 is 0 Å². The van der Waals surface area contributed by atoms with Gasteiger partial charge in [-0.1, -0.05) is 30.3 Å². The Bertz CT molecular complexity index is 1130. The second kappa shape index (κ2) is 7.62. The third-order valence-corrected chi connectivity index (χ3v) is 6.25. The number of aliphatic imine (C=N–C) groups is 1. The molecular weight excluding hydrogens is 392 g/mol. The Kier molecular flexibility index (Phi) is 5.16. The van der Waals surface area contributed by atoms with Crippen molar-refractivity contribution in [3.8, 4) is 0 Å². The molecule has 1 heterocycles. The van der Waals surface area contributed by atoms with Crippen LogP contribution < -0.4 is 5.14 Å². The van der Waals surface area contributed by atoms with Gasteiger partial charge in [0.1, 0.15) is 0 Å². The molecule has 0 bridgehead atoms. The normalized spacial score (nSPS) is 19.4. The third kappa shape index (κ3) is 3.78. The first kappa shape index (κ1) is 19.6. The van der Waals surface area contributed by atoms with Crippen LogP contribution >= 0.6 is 0 Å². The van der Waals surface area contributed by atoms with E-state index in [1.165, 1.54) is 18.2 Å². The SMILES string of the molecule is NS(=O)(=O)c1cccc2c1C(=O)CC(=Nc1ccccc1C1CCOCC1)C2=O. The van der Waals surface area contributed by atoms with Gasteiger partial charge >= 0.3 is 0 Å². The summed E-state index contributed by atoms with van der Waals surface area (Å²) in [5.41, 5.74) is 1.66. The lowest BCUT2D eigenvalue weighted by molar-refractivity contribution is 0.0854. The predicted octanol–water partition coefficient (Wildman–Crippen LogP) is 2.77. The van der Waals surface area contributed by atoms with Crippen molar-refractivity contribution in [2.24, 2.45) is 10.1 Å². The number of carbonyl (C=O) groups is 2. The molecular formula is C21H20N2O5S. The molecule has 2 aromatic rings. The predicted molar refractivity (Wildman–Crippen MR) is 107 cm³/mol. The highest BCUT2D eigenvalue weighted by atomic mass is 32.2. The number of hydrogen-bond donors (Lipinski definition) is 1. The number of ketones is 2. The van der Waals surface area contributed by atoms with Crippen LogP contribution in [-0.2, 0) is 14.8 Å². The van der Waals surface area contributed by atoms with Crippen molar-refractivity contribution in [2.45, 2.75) is 30.1 Å². The lowest BCUT2D eigenvalue weighted by atomic mass is 9.87. The molecule has 0 unspecified atom stereocenters. The van der Waals surface area contributed by atoms with Crippen LogP contribution in [0.3, 0.4) is 0 Å². The quantitative estimate of drug-likeness (QED) is 0.832. The van der Waals surface area contributed by atoms with Gasteiger partial charge in [0.2, 0.25) is 15.8 Å². The van der Waals surface area contributed by atoms with Crippen molar-refractivity contribution in [1.29, 1.82) is 0 Å². The van der Waals surface area contributed by atoms with E-state index in [9.17, 15) is 18.0 Å². The molecule has 0 atom stereocenters. The van der Waals surface area contributed by atoms with Gasteiger partial charge in [-0.05, 0) is 36.5 Å². The summed E-state index contributed by atoms with van der Waals surface area (Å²) in [6, 6.07) is 11.7. The second-order valence-electron chi connectivity index (χ2n) is 7.16. The Morgan fingerprint density at radius 1 is 1.00 bits per heavy atom. The van der Waals surface area contributed by atoms with Gasteiger partial charge in [0.15, 0.2) is 5.78 Å². The summed E-state index contributed by atoms with van der Waals surface area (Å²) in [6.07, 6.45) is 1.48. The molecule has 2 N–H and O–H groups in total. The molecule has 1 saturated heterocycles. The number of hydrogen-bond acceptors (Lipinski definition) is 6. The molecule has 8 heteroatoms. The number of carbonyl (C=O) groups excluding carboxylic acids is 2. The highest BCUT2D eigenvalue weighted by molar-refractivity contribution is 7.89. The van der Waals surface area contributed by atoms with Crippen molar-refractivity contribution < 1.29 is 22.7 Å². The maximum atomic E-state index is 13.0. The Balaban J connectivity index is 1.77. The fourth-order valence-electron chi connectivity index (χ4n) is 3.90. The highest BCUT2D eigenvalue weighted by Crippen LogP contribution is 2.35. The van der Waals surface area contributed by atoms with E-state index in [0.29, 0.717) is 18.9 Å². The van der Waals surface area contributed by atoms with E-state index in [2.05, 4.69) is 4.99 Å². The standard InChI is InChI=1S/C21H20N2O5S/c22-29(26,27)19-7-3-5-15-20(19)18(24)12-17(21(15)25)23-16-6-2-1-4-14(16)13-8-10-28-11-9-13/h1-7,13H,8-12H2,(H2,22,26,27). The van der Waals surface area contributed by atoms with E-state index in [-0.39, 0.29) is 34.1 Å². The van der Waals surface area contributed by atoms with Gasteiger partial charge in [0, 0.05) is 24.3 Å². The van der Waals surface area contributed by atoms with E-state index in [4.69, 9.17) is 9.88 Å². The van der Waals surface area contributed by atoms with Crippen LogP contribution in [-0.4, -0.2) is 38.9 Å². The summed E-state index contributed by atoms with van der Waals surface area (Å²) in [7, 11) is -4.12. The van der Waals surface area contributed by atoms with Crippen LogP contribution in [0, 0.1) is 0 Å². The summed E-state index contributed by atoms with van der Waals surface area (Å²) in [6.45, 7) is 1.35. The van der Waals surface area contributed by atoms with Crippen LogP contribution in [0.5, 0.6) is 0 Å². The molecule has 2 aliphatic rings. The zero-order valence-electron chi connectivity index (χ0n) is 15.6. The maximum absolute atomic E-state index is 13.0. The monoisotopic (exact) mass is 412 g/mol. The number of para-hydroxylation sites is 1. The Morgan fingerprint density at radius 3 is 2.45 bits per heavy atom. The van der Waals surface area contributed by atoms with Crippen LogP contribution in [0.1, 0.15) is 51.5 Å². The molecule has 150 valence electrons. The molecule has 0 spiro atoms. The number of nitrogens with two attached hydrogens (primary N) is 1. The van der Waals surface area contributed by atoms with Gasteiger partial charge in [-0.2, -0.15) is 0 Å². The number of rotatable bonds is 3. The van der Waals surface area contributed by atoms with Crippen molar-refractivity contribution in [2.75, 3.05) is 13.2 Å². The van der Waals surface area contributed by atoms with Crippen LogP contribution in [0.2, 0.25) is 0 Å². The molecule has 1 fully saturated rings. The first-order chi connectivity index (χ1) is 13.9. The zero-order valence-corrected chi connectivity index (χ0v) is 16.4. The van der Waals surface area contributed by atoms with Crippen molar-refractivity contribution in [3.05, 3.63) is 59.2 Å². The van der Waals surface area contributed by atoms with Gasteiger partial charge in [-0.25, -0.2) is 18.5 Å². The van der Waals surface area contributed by atoms with Crippen LogP contribution in [0.4, 0.5) is 5.69 Å². The first-order valence-corrected chi connectivity index (χ1v) is 10.9. The molecule has 1 aliphatic heterocycles. The number of sulfonamides is 1. The topological polar surface area (TPSA) is 116 Å². The van der Waals surface area contributed by atoms with Gasteiger partial charge in [-0.3, -0.25) is 9.59 Å². The lowest BCUT2D eigenvalue weighted by Gasteiger charge is -2.24. The summed E-state index contributed by atoms with van der Waals surface area (Å²) >= 11 is 0. The Labute approximate surface area is 168 Å². The minimum Gasteiger partial charge on any atom is -0.381 e. The van der Waals surface area contributed by atoms with Gasteiger partial charge in [-0.15, -0.1) is 0 Å². The lowest BCUT2D eigenvalue weighted by Crippen LogP contribution is -2.30. The molecule has 2 aromatic carbocycles. The fourth-order valence-corrected chi connectivity index (χ4v) is 4.68. The summed E-state index contributed by atoms with van der Waals surface area (Å²) in [4.78, 5) is 29.9. The Hall–Kier alpha value is -2.68. The molecule has 4 rings (SSSR count). The van der Waals surface area contributed by atoms with E-state index < -0.39 is 21.6 Å². The Morgan fingerprint density at radius 2 is 1.72 bits per heavy atom. The van der Waals surface area contributed by atoms with Gasteiger partial charge in [0.25, 0.3) is 0 Å². The first-order valence-electron chi connectivity index (χ1n) is 9.34. The van der Waals surface area contributed by atoms with Crippen LogP contribution in [0.25, 0.3) is 0 Å². The number of nitrogens with zero attached hydrogens (tertiary/aromatic N) is 1. The molecule has 0 amide bonds. The molecule has 0 aromatic heterocycles. The smallest absolute Gasteiger partial charge is 0.238 e. The van der Waals surface area contributed by atoms with E-state index in [1.54, 1.807) is 0 Å². The minimum atomic E-state index is -4.12. The molecule has 0 radical (unpaired) electrons. The van der Waals surface area contributed by atoms with Crippen molar-refractivity contribution in [1.82, 2.24) is 0 Å². The average molecular weight is 412 g/mol. The minimum absolute atomic E-state index is 0.0232. The van der Waals surface area contributed by atoms with Gasteiger partial charge in [0.05, 0.1) is 22.7 Å². The number of Topliss-reactive ketones (excluding diaryl/α,β-unsaturated/α-hetero) is 2. The zero-order chi connectivity index (χ0) is 20.6. The maximum Gasteiger partial charge on any atom is 0.238 e. The largest absolute Gasteiger partial charge is 0.381 e. The fraction of sp³-hybridized carbons (Fsp3) is 0.286. The number of ether oxygens (including phenoxy) is 1. The van der Waals surface area contributed by atoms with Crippen LogP contribution in [0.15, 0.2) is 52.4 Å². The summed E-state index contributed by atoms with van der Waals surface area (Å²) in [5.74, 6) is -0.654. The summed E-state index contributed by atoms with van der Waals surface area (Å²) < 4.78 is 29.1. The number of benzene rings is 2. The number of primary sulfonamides is 1. The van der Waals surface area contributed by atoms with Crippen molar-refractivity contribution >= 4 is 33.0 Å². The molecule has 0 saturated carbocycles. The highest BCUT2D eigenvalue weighted by Gasteiger charge is 2.34. The van der Waals surface area contributed by atoms with Crippen molar-refractivity contribution in [3.63, 3.8) is 0 Å². The summed E-state index contributed by atoms with van der Waals surface area (Å²) in [5, 5.41) is 5.22. The average Bonchev–Trinajstić information content (AvgIpc) is 2.72. The molecule has 1 aliphatic carbocycles. The third-order valence-electron chi connectivity index (χ3n) is 5.30. The number of fused-ring (bicyclic) bond motifs is 1. The van der Waals surface area contributed by atoms with E-state index in [1.807, 2.05) is 24.3 Å². The molecule has 7 nitrogen and oxygen atoms in total. The van der Waals surface area contributed by atoms with Gasteiger partial charge < -0.3 is 4.74 Å². The van der Waals surface area contributed by atoms with E-state index in [0.717, 1.165) is 18.4 Å².